The first-order chi connectivity index (χ1) is 15.7. The van der Waals surface area contributed by atoms with Gasteiger partial charge in [-0.3, -0.25) is 4.98 Å². The first-order valence-corrected chi connectivity index (χ1v) is 11.3. The molecule has 5 rings (SSSR count). The van der Waals surface area contributed by atoms with Crippen molar-refractivity contribution in [2.45, 2.75) is 12.8 Å². The number of aromatic nitrogens is 2. The zero-order valence-corrected chi connectivity index (χ0v) is 18.2. The first-order valence-electron chi connectivity index (χ1n) is 11.3. The van der Waals surface area contributed by atoms with E-state index in [-0.39, 0.29) is 5.75 Å². The van der Waals surface area contributed by atoms with Crippen molar-refractivity contribution in [3.63, 3.8) is 0 Å². The van der Waals surface area contributed by atoms with Crippen molar-refractivity contribution in [2.24, 2.45) is 0 Å². The maximum Gasteiger partial charge on any atom is 0.147 e. The number of phenolic OH excluding ortho intramolecular Hbond substituents is 1. The predicted molar refractivity (Wildman–Crippen MR) is 130 cm³/mol. The predicted octanol–water partition coefficient (Wildman–Crippen LogP) is 4.76. The molecule has 0 atom stereocenters. The van der Waals surface area contributed by atoms with Crippen LogP contribution in [0.15, 0.2) is 79.0 Å². The van der Waals surface area contributed by atoms with Crippen LogP contribution < -0.4 is 4.90 Å². The average molecular weight is 425 g/mol. The van der Waals surface area contributed by atoms with Crippen LogP contribution in [0.5, 0.6) is 5.75 Å². The lowest BCUT2D eigenvalue weighted by Gasteiger charge is -2.22. The Kier molecular flexibility index (Phi) is 5.99. The van der Waals surface area contributed by atoms with Crippen LogP contribution in [0, 0.1) is 0 Å². The van der Waals surface area contributed by atoms with Gasteiger partial charge in [-0.25, -0.2) is 4.98 Å². The molecule has 4 aromatic rings. The van der Waals surface area contributed by atoms with Crippen molar-refractivity contribution >= 4 is 16.9 Å². The van der Waals surface area contributed by atoms with E-state index in [4.69, 9.17) is 4.98 Å². The number of phenols is 1. The largest absolute Gasteiger partial charge is 0.508 e. The zero-order valence-electron chi connectivity index (χ0n) is 18.2. The maximum absolute atomic E-state index is 9.56. The molecule has 0 bridgehead atoms. The second-order valence-electron chi connectivity index (χ2n) is 8.40. The molecule has 1 aromatic heterocycles. The number of hydrogen-bond acceptors (Lipinski definition) is 5. The Morgan fingerprint density at radius 3 is 2.44 bits per heavy atom. The molecule has 32 heavy (non-hydrogen) atoms. The van der Waals surface area contributed by atoms with Crippen molar-refractivity contribution in [3.8, 4) is 16.9 Å². The molecule has 0 amide bonds. The standard InChI is InChI=1S/C27H28N4O/c32-24-10-7-22(8-11-24)23-9-12-25-26(19-23)29-27(20-28-25)31-15-4-14-30(17-18-31)16-13-21-5-2-1-3-6-21/h1-3,5-12,19-20,32H,4,13-18H2. The van der Waals surface area contributed by atoms with Crippen LogP contribution in [0.2, 0.25) is 0 Å². The molecule has 0 unspecified atom stereocenters. The van der Waals surface area contributed by atoms with E-state index in [2.05, 4.69) is 57.2 Å². The molecule has 0 saturated carbocycles. The Balaban J connectivity index is 1.29. The van der Waals surface area contributed by atoms with Crippen molar-refractivity contribution in [2.75, 3.05) is 37.6 Å². The van der Waals surface area contributed by atoms with Crippen LogP contribution in [0.3, 0.4) is 0 Å². The average Bonchev–Trinajstić information content (AvgIpc) is 3.09. The van der Waals surface area contributed by atoms with Gasteiger partial charge in [0, 0.05) is 26.2 Å². The van der Waals surface area contributed by atoms with E-state index in [1.165, 1.54) is 5.56 Å². The van der Waals surface area contributed by atoms with E-state index in [9.17, 15) is 5.11 Å². The van der Waals surface area contributed by atoms with Gasteiger partial charge in [-0.1, -0.05) is 48.5 Å². The highest BCUT2D eigenvalue weighted by atomic mass is 16.3. The highest BCUT2D eigenvalue weighted by Gasteiger charge is 2.17. The second kappa shape index (κ2) is 9.37. The van der Waals surface area contributed by atoms with E-state index in [0.717, 1.165) is 73.5 Å². The Morgan fingerprint density at radius 2 is 1.59 bits per heavy atom. The van der Waals surface area contributed by atoms with Crippen LogP contribution >= 0.6 is 0 Å². The van der Waals surface area contributed by atoms with E-state index in [1.807, 2.05) is 24.4 Å². The highest BCUT2D eigenvalue weighted by molar-refractivity contribution is 5.82. The van der Waals surface area contributed by atoms with Crippen LogP contribution in [0.1, 0.15) is 12.0 Å². The number of rotatable bonds is 5. The summed E-state index contributed by atoms with van der Waals surface area (Å²) >= 11 is 0. The van der Waals surface area contributed by atoms with E-state index >= 15 is 0 Å². The fraction of sp³-hybridized carbons (Fsp3) is 0.259. The summed E-state index contributed by atoms with van der Waals surface area (Å²) in [6, 6.07) is 24.2. The number of hydrogen-bond donors (Lipinski definition) is 1. The van der Waals surface area contributed by atoms with Crippen molar-refractivity contribution < 1.29 is 5.11 Å². The summed E-state index contributed by atoms with van der Waals surface area (Å²) < 4.78 is 0. The number of anilines is 1. The fourth-order valence-electron chi connectivity index (χ4n) is 4.34. The van der Waals surface area contributed by atoms with Gasteiger partial charge in [0.1, 0.15) is 11.6 Å². The van der Waals surface area contributed by atoms with Crippen molar-refractivity contribution in [3.05, 3.63) is 84.6 Å². The summed E-state index contributed by atoms with van der Waals surface area (Å²) in [5, 5.41) is 9.56. The molecule has 1 N–H and O–H groups in total. The molecule has 5 heteroatoms. The smallest absolute Gasteiger partial charge is 0.147 e. The molecule has 0 spiro atoms. The third kappa shape index (κ3) is 4.73. The number of aromatic hydroxyl groups is 1. The van der Waals surface area contributed by atoms with Gasteiger partial charge in [0.2, 0.25) is 0 Å². The first kappa shape index (κ1) is 20.5. The highest BCUT2D eigenvalue weighted by Crippen LogP contribution is 2.26. The van der Waals surface area contributed by atoms with Gasteiger partial charge in [-0.15, -0.1) is 0 Å². The lowest BCUT2D eigenvalue weighted by molar-refractivity contribution is 0.297. The Bertz CT molecular complexity index is 1180. The summed E-state index contributed by atoms with van der Waals surface area (Å²) in [4.78, 5) is 14.6. The lowest BCUT2D eigenvalue weighted by atomic mass is 10.0. The zero-order chi connectivity index (χ0) is 21.8. The molecular formula is C27H28N4O. The van der Waals surface area contributed by atoms with Gasteiger partial charge in [0.15, 0.2) is 0 Å². The van der Waals surface area contributed by atoms with Crippen LogP contribution in [-0.4, -0.2) is 52.7 Å². The van der Waals surface area contributed by atoms with Gasteiger partial charge in [-0.05, 0) is 60.3 Å². The normalized spacial score (nSPS) is 15.1. The monoisotopic (exact) mass is 424 g/mol. The molecule has 2 heterocycles. The number of nitrogens with zero attached hydrogens (tertiary/aromatic N) is 4. The molecular weight excluding hydrogens is 396 g/mol. The maximum atomic E-state index is 9.56. The quantitative estimate of drug-likeness (QED) is 0.501. The molecule has 0 aliphatic carbocycles. The molecule has 5 nitrogen and oxygen atoms in total. The number of benzene rings is 3. The minimum absolute atomic E-state index is 0.274. The summed E-state index contributed by atoms with van der Waals surface area (Å²) in [6.07, 6.45) is 4.13. The number of fused-ring (bicyclic) bond motifs is 1. The Labute approximate surface area is 189 Å². The van der Waals surface area contributed by atoms with E-state index in [1.54, 1.807) is 12.1 Å². The molecule has 1 saturated heterocycles. The summed E-state index contributed by atoms with van der Waals surface area (Å²) in [5.74, 6) is 1.22. The SMILES string of the molecule is Oc1ccc(-c2ccc3ncc(N4CCCN(CCc5ccccc5)CC4)nc3c2)cc1. The van der Waals surface area contributed by atoms with Crippen molar-refractivity contribution in [1.82, 2.24) is 14.9 Å². The van der Waals surface area contributed by atoms with Gasteiger partial charge >= 0.3 is 0 Å². The van der Waals surface area contributed by atoms with E-state index < -0.39 is 0 Å². The minimum atomic E-state index is 0.274. The molecule has 0 radical (unpaired) electrons. The second-order valence-corrected chi connectivity index (χ2v) is 8.40. The lowest BCUT2D eigenvalue weighted by Crippen LogP contribution is -2.32. The summed E-state index contributed by atoms with van der Waals surface area (Å²) in [5.41, 5.74) is 5.33. The van der Waals surface area contributed by atoms with Gasteiger partial charge in [-0.2, -0.15) is 0 Å². The van der Waals surface area contributed by atoms with Gasteiger partial charge in [0.25, 0.3) is 0 Å². The van der Waals surface area contributed by atoms with Gasteiger partial charge < -0.3 is 14.9 Å². The molecule has 162 valence electrons. The van der Waals surface area contributed by atoms with E-state index in [0.29, 0.717) is 0 Å². The van der Waals surface area contributed by atoms with Crippen LogP contribution in [-0.2, 0) is 6.42 Å². The molecule has 1 aliphatic rings. The van der Waals surface area contributed by atoms with Crippen LogP contribution in [0.4, 0.5) is 5.82 Å². The van der Waals surface area contributed by atoms with Crippen molar-refractivity contribution in [1.29, 1.82) is 0 Å². The Morgan fingerprint density at radius 1 is 0.781 bits per heavy atom. The molecule has 1 aliphatic heterocycles. The van der Waals surface area contributed by atoms with Gasteiger partial charge in [0.05, 0.1) is 17.2 Å². The summed E-state index contributed by atoms with van der Waals surface area (Å²) in [6.45, 7) is 5.22. The fourth-order valence-corrected chi connectivity index (χ4v) is 4.34. The topological polar surface area (TPSA) is 52.5 Å². The molecule has 1 fully saturated rings. The van der Waals surface area contributed by atoms with Crippen LogP contribution in [0.25, 0.3) is 22.2 Å². The summed E-state index contributed by atoms with van der Waals surface area (Å²) in [7, 11) is 0. The Hall–Kier alpha value is -3.44. The molecule has 3 aromatic carbocycles. The third-order valence-corrected chi connectivity index (χ3v) is 6.20. The minimum Gasteiger partial charge on any atom is -0.508 e. The third-order valence-electron chi connectivity index (χ3n) is 6.20.